The summed E-state index contributed by atoms with van der Waals surface area (Å²) in [5.41, 5.74) is -0.0536. The maximum absolute atomic E-state index is 13.0. The lowest BCUT2D eigenvalue weighted by molar-refractivity contribution is -0.143. The molecule has 0 amide bonds. The van der Waals surface area contributed by atoms with E-state index in [2.05, 4.69) is 10.3 Å². The molecule has 0 bridgehead atoms. The van der Waals surface area contributed by atoms with Gasteiger partial charge in [0.1, 0.15) is 0 Å². The van der Waals surface area contributed by atoms with Crippen LogP contribution < -0.4 is 0 Å². The van der Waals surface area contributed by atoms with Crippen LogP contribution in [0.4, 0.5) is 13.2 Å². The Morgan fingerprint density at radius 2 is 1.74 bits per heavy atom. The highest BCUT2D eigenvalue weighted by Gasteiger charge is 2.39. The van der Waals surface area contributed by atoms with Gasteiger partial charge in [0.2, 0.25) is 0 Å². The van der Waals surface area contributed by atoms with Gasteiger partial charge >= 0.3 is 6.18 Å². The monoisotopic (exact) mass is 269 g/mol. The van der Waals surface area contributed by atoms with E-state index >= 15 is 0 Å². The first kappa shape index (κ1) is 13.3. The fourth-order valence-corrected chi connectivity index (χ4v) is 1.89. The highest BCUT2D eigenvalue weighted by molar-refractivity contribution is 5.74. The Hall–Kier alpha value is -2.18. The minimum atomic E-state index is -4.70. The Balaban J connectivity index is 2.69. The Kier molecular flexibility index (Phi) is 3.13. The number of rotatable bonds is 2. The van der Waals surface area contributed by atoms with Crippen molar-refractivity contribution in [2.75, 3.05) is 0 Å². The molecule has 0 aliphatic heterocycles. The van der Waals surface area contributed by atoms with E-state index in [1.807, 2.05) is 6.07 Å². The zero-order chi connectivity index (χ0) is 14.2. The van der Waals surface area contributed by atoms with Crippen LogP contribution in [0, 0.1) is 13.8 Å². The van der Waals surface area contributed by atoms with Crippen molar-refractivity contribution in [3.05, 3.63) is 40.7 Å². The van der Waals surface area contributed by atoms with Gasteiger partial charge in [0.15, 0.2) is 17.7 Å². The molecule has 2 rings (SSSR count). The number of benzene rings is 1. The Bertz CT molecular complexity index is 611. The van der Waals surface area contributed by atoms with Gasteiger partial charge in [0, 0.05) is 0 Å². The Labute approximate surface area is 106 Å². The van der Waals surface area contributed by atoms with Gasteiger partial charge in [0.25, 0.3) is 0 Å². The van der Waals surface area contributed by atoms with E-state index in [4.69, 9.17) is 0 Å². The zero-order valence-corrected chi connectivity index (χ0v) is 10.2. The van der Waals surface area contributed by atoms with Gasteiger partial charge in [-0.3, -0.25) is 4.79 Å². The molecule has 7 heteroatoms. The van der Waals surface area contributed by atoms with E-state index in [9.17, 15) is 18.0 Å². The van der Waals surface area contributed by atoms with Crippen molar-refractivity contribution in [1.29, 1.82) is 0 Å². The SMILES string of the molecule is Cc1cc(C)cc(-n2nnc(C=O)c2C(F)(F)F)c1. The number of carbonyl (C=O) groups is 1. The standard InChI is InChI=1S/C12H10F3N3O/c1-7-3-8(2)5-9(4-7)18-11(12(13,14)15)10(6-19)16-17-18/h3-6H,1-2H3. The molecule has 2 aromatic rings. The zero-order valence-electron chi connectivity index (χ0n) is 10.2. The maximum Gasteiger partial charge on any atom is 0.435 e. The fraction of sp³-hybridized carbons (Fsp3) is 0.250. The molecule has 0 N–H and O–H groups in total. The average molecular weight is 269 g/mol. The van der Waals surface area contributed by atoms with Crippen LogP contribution in [0.2, 0.25) is 0 Å². The van der Waals surface area contributed by atoms with Crippen LogP contribution in [-0.4, -0.2) is 21.3 Å². The van der Waals surface area contributed by atoms with Gasteiger partial charge in [-0.15, -0.1) is 5.10 Å². The topological polar surface area (TPSA) is 47.8 Å². The largest absolute Gasteiger partial charge is 0.435 e. The highest BCUT2D eigenvalue weighted by Crippen LogP contribution is 2.32. The van der Waals surface area contributed by atoms with Crippen molar-refractivity contribution in [3.63, 3.8) is 0 Å². The van der Waals surface area contributed by atoms with E-state index in [1.165, 1.54) is 0 Å². The molecule has 0 unspecified atom stereocenters. The van der Waals surface area contributed by atoms with Gasteiger partial charge in [0.05, 0.1) is 5.69 Å². The van der Waals surface area contributed by atoms with E-state index in [0.29, 0.717) is 4.68 Å². The summed E-state index contributed by atoms with van der Waals surface area (Å²) in [6.45, 7) is 3.53. The third-order valence-corrected chi connectivity index (χ3v) is 2.53. The lowest BCUT2D eigenvalue weighted by Gasteiger charge is -2.11. The first-order valence-electron chi connectivity index (χ1n) is 5.39. The molecule has 4 nitrogen and oxygen atoms in total. The lowest BCUT2D eigenvalue weighted by Crippen LogP contribution is -2.15. The molecule has 0 atom stereocenters. The maximum atomic E-state index is 13.0. The summed E-state index contributed by atoms with van der Waals surface area (Å²) >= 11 is 0. The van der Waals surface area contributed by atoms with Gasteiger partial charge in [-0.05, 0) is 37.1 Å². The van der Waals surface area contributed by atoms with Crippen molar-refractivity contribution < 1.29 is 18.0 Å². The third kappa shape index (κ3) is 2.49. The van der Waals surface area contributed by atoms with E-state index in [-0.39, 0.29) is 12.0 Å². The summed E-state index contributed by atoms with van der Waals surface area (Å²) in [4.78, 5) is 10.6. The molecular formula is C12H10F3N3O. The summed E-state index contributed by atoms with van der Waals surface area (Å²) in [5, 5.41) is 6.68. The smallest absolute Gasteiger partial charge is 0.296 e. The number of alkyl halides is 3. The van der Waals surface area contributed by atoms with Crippen molar-refractivity contribution in [1.82, 2.24) is 15.0 Å². The molecular weight excluding hydrogens is 259 g/mol. The van der Waals surface area contributed by atoms with Crippen molar-refractivity contribution in [2.45, 2.75) is 20.0 Å². The van der Waals surface area contributed by atoms with Crippen LogP contribution in [0.5, 0.6) is 0 Å². The Morgan fingerprint density at radius 3 is 2.21 bits per heavy atom. The second-order valence-corrected chi connectivity index (χ2v) is 4.20. The second kappa shape index (κ2) is 4.49. The lowest BCUT2D eigenvalue weighted by atomic mass is 10.1. The van der Waals surface area contributed by atoms with Crippen LogP contribution in [0.1, 0.15) is 27.3 Å². The molecule has 0 fully saturated rings. The van der Waals surface area contributed by atoms with E-state index < -0.39 is 17.6 Å². The quantitative estimate of drug-likeness (QED) is 0.787. The van der Waals surface area contributed by atoms with Crippen LogP contribution in [-0.2, 0) is 6.18 Å². The molecule has 0 aliphatic carbocycles. The summed E-state index contributed by atoms with van der Waals surface area (Å²) in [5.74, 6) is 0. The number of halogens is 3. The number of hydrogen-bond donors (Lipinski definition) is 0. The molecule has 0 aliphatic rings. The van der Waals surface area contributed by atoms with Crippen LogP contribution in [0.15, 0.2) is 18.2 Å². The van der Waals surface area contributed by atoms with Gasteiger partial charge in [-0.25, -0.2) is 4.68 Å². The van der Waals surface area contributed by atoms with Crippen LogP contribution in [0.3, 0.4) is 0 Å². The van der Waals surface area contributed by atoms with Crippen molar-refractivity contribution in [3.8, 4) is 5.69 Å². The molecule has 19 heavy (non-hydrogen) atoms. The normalized spacial score (nSPS) is 11.6. The molecule has 100 valence electrons. The minimum Gasteiger partial charge on any atom is -0.296 e. The first-order chi connectivity index (χ1) is 8.82. The summed E-state index contributed by atoms with van der Waals surface area (Å²) < 4.78 is 39.5. The van der Waals surface area contributed by atoms with Gasteiger partial charge < -0.3 is 0 Å². The number of aldehydes is 1. The molecule has 0 saturated heterocycles. The Morgan fingerprint density at radius 1 is 1.16 bits per heavy atom. The molecule has 0 spiro atoms. The van der Waals surface area contributed by atoms with Crippen molar-refractivity contribution in [2.24, 2.45) is 0 Å². The highest BCUT2D eigenvalue weighted by atomic mass is 19.4. The van der Waals surface area contributed by atoms with Crippen LogP contribution >= 0.6 is 0 Å². The molecule has 1 aromatic heterocycles. The van der Waals surface area contributed by atoms with Gasteiger partial charge in [-0.2, -0.15) is 13.2 Å². The van der Waals surface area contributed by atoms with Crippen LogP contribution in [0.25, 0.3) is 5.69 Å². The number of aromatic nitrogens is 3. The average Bonchev–Trinajstić information content (AvgIpc) is 2.70. The summed E-state index contributed by atoms with van der Waals surface area (Å²) in [6.07, 6.45) is -4.65. The molecule has 0 radical (unpaired) electrons. The molecule has 1 aromatic carbocycles. The number of hydrogen-bond acceptors (Lipinski definition) is 3. The summed E-state index contributed by atoms with van der Waals surface area (Å²) in [7, 11) is 0. The van der Waals surface area contributed by atoms with Gasteiger partial charge in [-0.1, -0.05) is 11.3 Å². The van der Waals surface area contributed by atoms with E-state index in [0.717, 1.165) is 11.1 Å². The predicted octanol–water partition coefficient (Wildman–Crippen LogP) is 2.72. The van der Waals surface area contributed by atoms with E-state index in [1.54, 1.807) is 26.0 Å². The fourth-order valence-electron chi connectivity index (χ4n) is 1.89. The molecule has 0 saturated carbocycles. The second-order valence-electron chi connectivity index (χ2n) is 4.20. The summed E-state index contributed by atoms with van der Waals surface area (Å²) in [6, 6.07) is 4.92. The van der Waals surface area contributed by atoms with Crippen molar-refractivity contribution >= 4 is 6.29 Å². The number of nitrogens with zero attached hydrogens (tertiary/aromatic N) is 3. The minimum absolute atomic E-state index is 0.0506. The number of carbonyl (C=O) groups excluding carboxylic acids is 1. The third-order valence-electron chi connectivity index (χ3n) is 2.53. The molecule has 1 heterocycles. The predicted molar refractivity (Wildman–Crippen MR) is 61.2 cm³/mol. The first-order valence-corrected chi connectivity index (χ1v) is 5.39. The number of aryl methyl sites for hydroxylation is 2.